The van der Waals surface area contributed by atoms with Gasteiger partial charge in [0.05, 0.1) is 30.0 Å². The molecule has 2 aromatic carbocycles. The number of benzene rings is 2. The Kier molecular flexibility index (Phi) is 4.76. The molecule has 7 nitrogen and oxygen atoms in total. The fourth-order valence-corrected chi connectivity index (χ4v) is 2.64. The van der Waals surface area contributed by atoms with Gasteiger partial charge in [0.15, 0.2) is 0 Å². The summed E-state index contributed by atoms with van der Waals surface area (Å²) in [7, 11) is 1.76. The summed E-state index contributed by atoms with van der Waals surface area (Å²) in [6.07, 6.45) is 1.75. The molecule has 0 aliphatic heterocycles. The Balaban J connectivity index is 1.84. The molecule has 7 heteroatoms. The predicted molar refractivity (Wildman–Crippen MR) is 95.1 cm³/mol. The van der Waals surface area contributed by atoms with E-state index in [9.17, 15) is 15.2 Å². The molecular formula is C18H18N4O3. The Labute approximate surface area is 144 Å². The number of nitrogens with zero attached hydrogens (tertiary/aromatic N) is 3. The first-order chi connectivity index (χ1) is 12.1. The maximum atomic E-state index is 11.3. The molecule has 1 heterocycles. The second-order valence-corrected chi connectivity index (χ2v) is 5.70. The lowest BCUT2D eigenvalue weighted by Crippen LogP contribution is -2.19. The maximum absolute atomic E-state index is 11.3. The third kappa shape index (κ3) is 3.67. The van der Waals surface area contributed by atoms with Crippen LogP contribution in [0.4, 0.5) is 11.4 Å². The number of aliphatic hydroxyl groups is 1. The van der Waals surface area contributed by atoms with Gasteiger partial charge in [-0.05, 0) is 23.3 Å². The maximum Gasteiger partial charge on any atom is 0.292 e. The van der Waals surface area contributed by atoms with Gasteiger partial charge in [-0.2, -0.15) is 0 Å². The molecule has 0 radical (unpaired) electrons. The van der Waals surface area contributed by atoms with Crippen LogP contribution in [0.3, 0.4) is 0 Å². The Morgan fingerprint density at radius 1 is 1.24 bits per heavy atom. The quantitative estimate of drug-likeness (QED) is 0.532. The largest absolute Gasteiger partial charge is 0.392 e. The van der Waals surface area contributed by atoms with Gasteiger partial charge in [0.2, 0.25) is 0 Å². The smallest absolute Gasteiger partial charge is 0.292 e. The molecule has 2 N–H and O–H groups in total. The number of aromatic amines is 1. The van der Waals surface area contributed by atoms with Crippen LogP contribution < -0.4 is 4.90 Å². The number of imidazole rings is 1. The molecule has 0 aliphatic carbocycles. The highest BCUT2D eigenvalue weighted by Gasteiger charge is 2.18. The molecule has 3 aromatic rings. The van der Waals surface area contributed by atoms with E-state index in [0.29, 0.717) is 23.6 Å². The molecule has 25 heavy (non-hydrogen) atoms. The van der Waals surface area contributed by atoms with Gasteiger partial charge in [-0.25, -0.2) is 4.98 Å². The highest BCUT2D eigenvalue weighted by Crippen LogP contribution is 2.29. The van der Waals surface area contributed by atoms with E-state index in [1.165, 1.54) is 6.07 Å². The van der Waals surface area contributed by atoms with Crippen LogP contribution in [0.25, 0.3) is 11.3 Å². The van der Waals surface area contributed by atoms with Crippen LogP contribution in [0, 0.1) is 10.1 Å². The third-order valence-corrected chi connectivity index (χ3v) is 3.93. The summed E-state index contributed by atoms with van der Waals surface area (Å²) in [6, 6.07) is 14.4. The summed E-state index contributed by atoms with van der Waals surface area (Å²) in [6.45, 7) is 0.209. The van der Waals surface area contributed by atoms with Gasteiger partial charge in [0, 0.05) is 13.1 Å². The molecule has 0 atom stereocenters. The normalized spacial score (nSPS) is 10.6. The van der Waals surface area contributed by atoms with Gasteiger partial charge >= 0.3 is 0 Å². The fourth-order valence-electron chi connectivity index (χ4n) is 2.64. The van der Waals surface area contributed by atoms with Gasteiger partial charge in [-0.3, -0.25) is 10.1 Å². The van der Waals surface area contributed by atoms with Crippen LogP contribution in [-0.2, 0) is 13.2 Å². The summed E-state index contributed by atoms with van der Waals surface area (Å²) >= 11 is 0. The molecule has 0 saturated carbocycles. The number of H-pyrrole nitrogens is 1. The highest BCUT2D eigenvalue weighted by atomic mass is 16.6. The van der Waals surface area contributed by atoms with Crippen molar-refractivity contribution < 1.29 is 10.0 Å². The van der Waals surface area contributed by atoms with Crippen LogP contribution in [0.2, 0.25) is 0 Å². The second kappa shape index (κ2) is 7.14. The van der Waals surface area contributed by atoms with Gasteiger partial charge < -0.3 is 15.0 Å². The minimum absolute atomic E-state index is 0.00506. The zero-order chi connectivity index (χ0) is 17.8. The molecule has 128 valence electrons. The molecule has 0 fully saturated rings. The summed E-state index contributed by atoms with van der Waals surface area (Å²) < 4.78 is 0. The number of hydrogen-bond donors (Lipinski definition) is 2. The lowest BCUT2D eigenvalue weighted by molar-refractivity contribution is -0.384. The van der Waals surface area contributed by atoms with Gasteiger partial charge in [0.1, 0.15) is 11.5 Å². The Morgan fingerprint density at radius 2 is 2.00 bits per heavy atom. The summed E-state index contributed by atoms with van der Waals surface area (Å²) in [4.78, 5) is 20.2. The lowest BCUT2D eigenvalue weighted by atomic mass is 10.1. The molecule has 0 amide bonds. The van der Waals surface area contributed by atoms with E-state index in [0.717, 1.165) is 11.3 Å². The van der Waals surface area contributed by atoms with Gasteiger partial charge in [-0.15, -0.1) is 0 Å². The first-order valence-electron chi connectivity index (χ1n) is 7.77. The summed E-state index contributed by atoms with van der Waals surface area (Å²) in [5, 5.41) is 20.5. The molecule has 0 bridgehead atoms. The molecule has 0 aliphatic rings. The topological polar surface area (TPSA) is 95.3 Å². The van der Waals surface area contributed by atoms with Crippen molar-refractivity contribution in [3.8, 4) is 11.3 Å². The summed E-state index contributed by atoms with van der Waals surface area (Å²) in [5.41, 5.74) is 2.97. The standard InChI is InChI=1S/C18H18N4O3/c1-21(17-9-13(12-23)7-8-16(17)22(24)25)11-18-19-10-15(20-18)14-5-3-2-4-6-14/h2-10,23H,11-12H2,1H3,(H,19,20). The Morgan fingerprint density at radius 3 is 2.68 bits per heavy atom. The van der Waals surface area contributed by atoms with Crippen LogP contribution in [-0.4, -0.2) is 27.0 Å². The van der Waals surface area contributed by atoms with E-state index < -0.39 is 4.92 Å². The van der Waals surface area contributed by atoms with Crippen molar-refractivity contribution in [2.45, 2.75) is 13.2 Å². The van der Waals surface area contributed by atoms with Crippen LogP contribution >= 0.6 is 0 Å². The van der Waals surface area contributed by atoms with E-state index in [1.54, 1.807) is 30.3 Å². The highest BCUT2D eigenvalue weighted by molar-refractivity contribution is 5.64. The average Bonchev–Trinajstić information content (AvgIpc) is 3.10. The number of anilines is 1. The number of aliphatic hydroxyl groups excluding tert-OH is 1. The van der Waals surface area contributed by atoms with Crippen molar-refractivity contribution in [2.75, 3.05) is 11.9 Å². The van der Waals surface area contributed by atoms with Gasteiger partial charge in [0.25, 0.3) is 5.69 Å². The number of nitro groups is 1. The van der Waals surface area contributed by atoms with Crippen molar-refractivity contribution in [1.82, 2.24) is 9.97 Å². The number of hydrogen-bond acceptors (Lipinski definition) is 5. The third-order valence-electron chi connectivity index (χ3n) is 3.93. The fraction of sp³-hybridized carbons (Fsp3) is 0.167. The summed E-state index contributed by atoms with van der Waals surface area (Å²) in [5.74, 6) is 0.699. The number of rotatable bonds is 6. The first-order valence-corrected chi connectivity index (χ1v) is 7.77. The average molecular weight is 338 g/mol. The van der Waals surface area contributed by atoms with Crippen molar-refractivity contribution in [3.05, 3.63) is 76.2 Å². The minimum Gasteiger partial charge on any atom is -0.392 e. The van der Waals surface area contributed by atoms with E-state index >= 15 is 0 Å². The molecule has 0 saturated heterocycles. The van der Waals surface area contributed by atoms with Crippen molar-refractivity contribution in [3.63, 3.8) is 0 Å². The number of nitro benzene ring substituents is 1. The van der Waals surface area contributed by atoms with Crippen molar-refractivity contribution in [1.29, 1.82) is 0 Å². The lowest BCUT2D eigenvalue weighted by Gasteiger charge is -2.18. The number of nitrogens with one attached hydrogen (secondary N) is 1. The predicted octanol–water partition coefficient (Wildman–Crippen LogP) is 3.11. The van der Waals surface area contributed by atoms with E-state index in [-0.39, 0.29) is 12.3 Å². The molecule has 0 spiro atoms. The first kappa shape index (κ1) is 16.7. The van der Waals surface area contributed by atoms with Crippen LogP contribution in [0.1, 0.15) is 11.4 Å². The van der Waals surface area contributed by atoms with Crippen LogP contribution in [0.15, 0.2) is 54.7 Å². The second-order valence-electron chi connectivity index (χ2n) is 5.70. The monoisotopic (exact) mass is 338 g/mol. The Bertz CT molecular complexity index is 877. The van der Waals surface area contributed by atoms with E-state index in [2.05, 4.69) is 9.97 Å². The SMILES string of the molecule is CN(Cc1ncc(-c2ccccc2)[nH]1)c1cc(CO)ccc1[N+](=O)[O-]. The molecule has 1 aromatic heterocycles. The van der Waals surface area contributed by atoms with Crippen LogP contribution in [0.5, 0.6) is 0 Å². The van der Waals surface area contributed by atoms with E-state index in [4.69, 9.17) is 0 Å². The van der Waals surface area contributed by atoms with Gasteiger partial charge in [-0.1, -0.05) is 30.3 Å². The zero-order valence-electron chi connectivity index (χ0n) is 13.7. The van der Waals surface area contributed by atoms with E-state index in [1.807, 2.05) is 30.3 Å². The zero-order valence-corrected chi connectivity index (χ0v) is 13.7. The van der Waals surface area contributed by atoms with Crippen molar-refractivity contribution in [2.24, 2.45) is 0 Å². The van der Waals surface area contributed by atoms with Crippen molar-refractivity contribution >= 4 is 11.4 Å². The molecule has 0 unspecified atom stereocenters. The molecular weight excluding hydrogens is 320 g/mol. The Hall–Kier alpha value is -3.19. The minimum atomic E-state index is -0.426. The number of aromatic nitrogens is 2. The molecule has 3 rings (SSSR count).